The molecule has 17 heavy (non-hydrogen) atoms. The monoisotopic (exact) mass is 255 g/mol. The van der Waals surface area contributed by atoms with Crippen molar-refractivity contribution in [2.24, 2.45) is 0 Å². The fourth-order valence-electron chi connectivity index (χ4n) is 2.11. The molecule has 2 nitrogen and oxygen atoms in total. The van der Waals surface area contributed by atoms with Crippen LogP contribution in [0.1, 0.15) is 5.56 Å². The molecule has 2 rings (SSSR count). The van der Waals surface area contributed by atoms with E-state index in [2.05, 4.69) is 11.9 Å². The van der Waals surface area contributed by atoms with Gasteiger partial charge < -0.3 is 5.11 Å². The van der Waals surface area contributed by atoms with Crippen molar-refractivity contribution < 1.29 is 9.50 Å². The number of rotatable bonds is 3. The highest BCUT2D eigenvalue weighted by atomic mass is 32.2. The summed E-state index contributed by atoms with van der Waals surface area (Å²) in [5.74, 6) is 1.88. The molecule has 2 atom stereocenters. The van der Waals surface area contributed by atoms with E-state index >= 15 is 0 Å². The minimum Gasteiger partial charge on any atom is -0.391 e. The van der Waals surface area contributed by atoms with Crippen molar-refractivity contribution in [3.8, 4) is 0 Å². The van der Waals surface area contributed by atoms with E-state index in [-0.39, 0.29) is 18.0 Å². The molecule has 1 N–H and O–H groups in total. The van der Waals surface area contributed by atoms with Gasteiger partial charge >= 0.3 is 0 Å². The van der Waals surface area contributed by atoms with E-state index in [0.717, 1.165) is 23.6 Å². The molecule has 1 aliphatic heterocycles. The molecule has 0 aliphatic carbocycles. The van der Waals surface area contributed by atoms with Crippen LogP contribution in [-0.2, 0) is 6.42 Å². The van der Waals surface area contributed by atoms with Crippen LogP contribution in [0.5, 0.6) is 0 Å². The average molecular weight is 255 g/mol. The van der Waals surface area contributed by atoms with Crippen LogP contribution in [0.2, 0.25) is 0 Å². The van der Waals surface area contributed by atoms with E-state index in [1.807, 2.05) is 11.8 Å². The quantitative estimate of drug-likeness (QED) is 0.890. The second-order valence-electron chi connectivity index (χ2n) is 4.52. The van der Waals surface area contributed by atoms with Gasteiger partial charge in [0.15, 0.2) is 0 Å². The van der Waals surface area contributed by atoms with Crippen molar-refractivity contribution in [3.63, 3.8) is 0 Å². The zero-order valence-electron chi connectivity index (χ0n) is 9.97. The van der Waals surface area contributed by atoms with Crippen LogP contribution in [-0.4, -0.2) is 47.3 Å². The summed E-state index contributed by atoms with van der Waals surface area (Å²) >= 11 is 1.89. The lowest BCUT2D eigenvalue weighted by Crippen LogP contribution is -2.47. The second-order valence-corrected chi connectivity index (χ2v) is 5.67. The van der Waals surface area contributed by atoms with Crippen LogP contribution in [0.25, 0.3) is 0 Å². The average Bonchev–Trinajstić information content (AvgIpc) is 2.32. The van der Waals surface area contributed by atoms with E-state index < -0.39 is 0 Å². The number of benzene rings is 1. The predicted octanol–water partition coefficient (Wildman–Crippen LogP) is 1.78. The number of thioether (sulfide) groups is 1. The normalized spacial score (nSPS) is 23.6. The Morgan fingerprint density at radius 3 is 2.82 bits per heavy atom. The van der Waals surface area contributed by atoms with Gasteiger partial charge in [0, 0.05) is 24.1 Å². The summed E-state index contributed by atoms with van der Waals surface area (Å²) in [5, 5.41) is 10.2. The Morgan fingerprint density at radius 1 is 1.47 bits per heavy atom. The third-order valence-electron chi connectivity index (χ3n) is 3.25. The van der Waals surface area contributed by atoms with Gasteiger partial charge in [0.1, 0.15) is 5.82 Å². The maximum absolute atomic E-state index is 12.8. The minimum atomic E-state index is -0.377. The van der Waals surface area contributed by atoms with Crippen molar-refractivity contribution >= 4 is 11.8 Å². The van der Waals surface area contributed by atoms with Crippen LogP contribution < -0.4 is 0 Å². The molecule has 0 bridgehead atoms. The lowest BCUT2D eigenvalue weighted by molar-refractivity contribution is 0.0763. The fraction of sp³-hybridized carbons (Fsp3) is 0.538. The van der Waals surface area contributed by atoms with Gasteiger partial charge in [-0.15, -0.1) is 0 Å². The number of halogens is 1. The summed E-state index contributed by atoms with van der Waals surface area (Å²) in [6, 6.07) is 6.59. The number of hydrogen-bond acceptors (Lipinski definition) is 3. The highest BCUT2D eigenvalue weighted by Crippen LogP contribution is 2.19. The molecule has 2 unspecified atom stereocenters. The van der Waals surface area contributed by atoms with E-state index in [4.69, 9.17) is 0 Å². The fourth-order valence-corrected chi connectivity index (χ4v) is 3.41. The molecule has 1 aromatic carbocycles. The van der Waals surface area contributed by atoms with Crippen LogP contribution in [0, 0.1) is 5.82 Å². The molecule has 1 aliphatic rings. The predicted molar refractivity (Wildman–Crippen MR) is 69.9 cm³/mol. The smallest absolute Gasteiger partial charge is 0.123 e. The SMILES string of the molecule is CN1CCSCC1C(O)Cc1ccc(F)cc1. The largest absolute Gasteiger partial charge is 0.391 e. The van der Waals surface area contributed by atoms with Crippen molar-refractivity contribution in [1.82, 2.24) is 4.90 Å². The molecule has 0 radical (unpaired) electrons. The molecule has 0 amide bonds. The van der Waals surface area contributed by atoms with Crippen molar-refractivity contribution in [2.45, 2.75) is 18.6 Å². The van der Waals surface area contributed by atoms with Crippen LogP contribution in [0.3, 0.4) is 0 Å². The third-order valence-corrected chi connectivity index (χ3v) is 4.29. The van der Waals surface area contributed by atoms with Gasteiger partial charge in [-0.05, 0) is 31.2 Å². The first kappa shape index (κ1) is 12.9. The number of aliphatic hydroxyl groups excluding tert-OH is 1. The molecule has 0 spiro atoms. The first-order chi connectivity index (χ1) is 8.16. The lowest BCUT2D eigenvalue weighted by atomic mass is 10.0. The summed E-state index contributed by atoms with van der Waals surface area (Å²) in [5.41, 5.74) is 0.989. The Labute approximate surface area is 106 Å². The zero-order chi connectivity index (χ0) is 12.3. The van der Waals surface area contributed by atoms with Gasteiger partial charge in [0.25, 0.3) is 0 Å². The molecule has 4 heteroatoms. The molecule has 0 aromatic heterocycles. The first-order valence-electron chi connectivity index (χ1n) is 5.87. The van der Waals surface area contributed by atoms with E-state index in [1.165, 1.54) is 12.1 Å². The van der Waals surface area contributed by atoms with E-state index in [0.29, 0.717) is 6.42 Å². The van der Waals surface area contributed by atoms with Gasteiger partial charge in [-0.2, -0.15) is 11.8 Å². The summed E-state index contributed by atoms with van der Waals surface area (Å²) in [6.07, 6.45) is 0.216. The zero-order valence-corrected chi connectivity index (χ0v) is 10.8. The Balaban J connectivity index is 1.95. The standard InChI is InChI=1S/C13H18FNOS/c1-15-6-7-17-9-12(15)13(16)8-10-2-4-11(14)5-3-10/h2-5,12-13,16H,6-9H2,1H3. The van der Waals surface area contributed by atoms with E-state index in [1.54, 1.807) is 12.1 Å². The van der Waals surface area contributed by atoms with Crippen LogP contribution in [0.4, 0.5) is 4.39 Å². The topological polar surface area (TPSA) is 23.5 Å². The Hall–Kier alpha value is -0.580. The maximum atomic E-state index is 12.8. The van der Waals surface area contributed by atoms with Gasteiger partial charge in [-0.1, -0.05) is 12.1 Å². The van der Waals surface area contributed by atoms with Gasteiger partial charge in [0.05, 0.1) is 6.10 Å². The van der Waals surface area contributed by atoms with Crippen molar-refractivity contribution in [3.05, 3.63) is 35.6 Å². The molecule has 0 saturated carbocycles. The highest BCUT2D eigenvalue weighted by molar-refractivity contribution is 7.99. The molecular formula is C13H18FNOS. The summed E-state index contributed by atoms with van der Waals surface area (Å²) in [4.78, 5) is 2.21. The van der Waals surface area contributed by atoms with Gasteiger partial charge in [0.2, 0.25) is 0 Å². The van der Waals surface area contributed by atoms with Gasteiger partial charge in [-0.3, -0.25) is 4.90 Å². The lowest BCUT2D eigenvalue weighted by Gasteiger charge is -2.35. The molecule has 1 aromatic rings. The minimum absolute atomic E-state index is 0.207. The molecule has 1 heterocycles. The summed E-state index contributed by atoms with van der Waals surface area (Å²) in [6.45, 7) is 1.02. The first-order valence-corrected chi connectivity index (χ1v) is 7.03. The maximum Gasteiger partial charge on any atom is 0.123 e. The second kappa shape index (κ2) is 5.85. The number of hydrogen-bond donors (Lipinski definition) is 1. The Kier molecular flexibility index (Phi) is 4.42. The molecule has 94 valence electrons. The number of nitrogens with zero attached hydrogens (tertiary/aromatic N) is 1. The summed E-state index contributed by atoms with van der Waals surface area (Å²) in [7, 11) is 2.05. The molecule has 1 fully saturated rings. The van der Waals surface area contributed by atoms with Crippen LogP contribution >= 0.6 is 11.8 Å². The summed E-state index contributed by atoms with van der Waals surface area (Å²) < 4.78 is 12.8. The molecule has 1 saturated heterocycles. The number of aliphatic hydroxyl groups is 1. The van der Waals surface area contributed by atoms with Crippen molar-refractivity contribution in [2.75, 3.05) is 25.1 Å². The van der Waals surface area contributed by atoms with Gasteiger partial charge in [-0.25, -0.2) is 4.39 Å². The Morgan fingerprint density at radius 2 is 2.18 bits per heavy atom. The van der Waals surface area contributed by atoms with Crippen molar-refractivity contribution in [1.29, 1.82) is 0 Å². The van der Waals surface area contributed by atoms with Crippen LogP contribution in [0.15, 0.2) is 24.3 Å². The number of likely N-dealkylation sites (N-methyl/N-ethyl adjacent to an activating group) is 1. The third kappa shape index (κ3) is 3.44. The van der Waals surface area contributed by atoms with E-state index in [9.17, 15) is 9.50 Å². The highest BCUT2D eigenvalue weighted by Gasteiger charge is 2.26. The molecular weight excluding hydrogens is 237 g/mol. The Bertz CT molecular complexity index is 357.